The van der Waals surface area contributed by atoms with Gasteiger partial charge in [0, 0.05) is 11.1 Å². The van der Waals surface area contributed by atoms with Crippen LogP contribution in [0.4, 0.5) is 0 Å². The second kappa shape index (κ2) is 11.5. The molecule has 10 heteroatoms. The first kappa shape index (κ1) is 24.6. The maximum atomic E-state index is 13.1. The highest BCUT2D eigenvalue weighted by molar-refractivity contribution is 7.53. The molecule has 0 aliphatic rings. The number of hydrogen-bond acceptors (Lipinski definition) is 8. The van der Waals surface area contributed by atoms with Crippen LogP contribution in [0.3, 0.4) is 0 Å². The van der Waals surface area contributed by atoms with E-state index in [-0.39, 0.29) is 38.8 Å². The minimum absolute atomic E-state index is 0.0409. The van der Waals surface area contributed by atoms with E-state index in [1.54, 1.807) is 27.7 Å². The van der Waals surface area contributed by atoms with Gasteiger partial charge in [0.05, 0.1) is 51.6 Å². The van der Waals surface area contributed by atoms with Crippen LogP contribution in [0.1, 0.15) is 44.6 Å². The summed E-state index contributed by atoms with van der Waals surface area (Å²) in [7, 11) is -2.87. The highest BCUT2D eigenvalue weighted by Crippen LogP contribution is 2.56. The average molecular weight is 425 g/mol. The largest absolute Gasteiger partial charge is 0.467 e. The van der Waals surface area contributed by atoms with Crippen molar-refractivity contribution in [1.82, 2.24) is 4.90 Å². The van der Waals surface area contributed by atoms with E-state index in [1.165, 1.54) is 6.26 Å². The normalized spacial score (nSPS) is 12.9. The molecular formula is C17H33NO7P2. The van der Waals surface area contributed by atoms with E-state index in [4.69, 9.17) is 22.5 Å². The van der Waals surface area contributed by atoms with E-state index in [0.717, 1.165) is 0 Å². The van der Waals surface area contributed by atoms with Crippen molar-refractivity contribution >= 4 is 15.2 Å². The molecule has 0 aliphatic heterocycles. The van der Waals surface area contributed by atoms with Crippen LogP contribution in [-0.2, 0) is 46.1 Å². The Balaban J connectivity index is 3.27. The summed E-state index contributed by atoms with van der Waals surface area (Å²) >= 11 is 0. The molecule has 0 saturated heterocycles. The fourth-order valence-corrected chi connectivity index (χ4v) is 6.19. The summed E-state index contributed by atoms with van der Waals surface area (Å²) in [5, 5.41) is 0. The van der Waals surface area contributed by atoms with Crippen molar-refractivity contribution in [3.8, 4) is 0 Å². The summed E-state index contributed by atoms with van der Waals surface area (Å²) in [4.78, 5) is 1.93. The maximum Gasteiger partial charge on any atom is 0.335 e. The van der Waals surface area contributed by atoms with Crippen molar-refractivity contribution in [3.63, 3.8) is 0 Å². The lowest BCUT2D eigenvalue weighted by Crippen LogP contribution is -2.12. The van der Waals surface area contributed by atoms with Gasteiger partial charge in [-0.2, -0.15) is 0 Å². The average Bonchev–Trinajstić information content (AvgIpc) is 2.89. The molecule has 0 aliphatic carbocycles. The van der Waals surface area contributed by atoms with Crippen molar-refractivity contribution in [2.45, 2.75) is 46.6 Å². The van der Waals surface area contributed by atoms with Crippen LogP contribution in [-0.4, -0.2) is 45.4 Å². The monoisotopic (exact) mass is 425 g/mol. The fraction of sp³-hybridized carbons (Fsp3) is 0.765. The molecular weight excluding hydrogens is 392 g/mol. The van der Waals surface area contributed by atoms with Crippen molar-refractivity contribution in [2.75, 3.05) is 40.5 Å². The zero-order valence-electron chi connectivity index (χ0n) is 17.2. The molecule has 1 aromatic rings. The predicted molar refractivity (Wildman–Crippen MR) is 105 cm³/mol. The van der Waals surface area contributed by atoms with E-state index in [1.807, 2.05) is 19.0 Å². The van der Waals surface area contributed by atoms with Crippen molar-refractivity contribution in [1.29, 1.82) is 0 Å². The molecule has 1 rings (SSSR count). The lowest BCUT2D eigenvalue weighted by molar-refractivity contribution is 0.216. The molecule has 27 heavy (non-hydrogen) atoms. The van der Waals surface area contributed by atoms with Gasteiger partial charge in [0.15, 0.2) is 0 Å². The number of hydrogen-bond donors (Lipinski definition) is 0. The van der Waals surface area contributed by atoms with Gasteiger partial charge in [-0.25, -0.2) is 0 Å². The summed E-state index contributed by atoms with van der Waals surface area (Å²) < 4.78 is 53.4. The van der Waals surface area contributed by atoms with Gasteiger partial charge in [-0.3, -0.25) is 9.13 Å². The summed E-state index contributed by atoms with van der Waals surface area (Å²) in [6.45, 7) is 8.63. The van der Waals surface area contributed by atoms with Crippen LogP contribution in [0.2, 0.25) is 0 Å². The van der Waals surface area contributed by atoms with Crippen molar-refractivity contribution < 1.29 is 31.6 Å². The number of rotatable bonds is 14. The van der Waals surface area contributed by atoms with Crippen LogP contribution in [0, 0.1) is 0 Å². The second-order valence-corrected chi connectivity index (χ2v) is 10.2. The highest BCUT2D eigenvalue weighted by atomic mass is 31.2. The Kier molecular flexibility index (Phi) is 10.5. The molecule has 0 saturated carbocycles. The molecule has 0 atom stereocenters. The first-order valence-corrected chi connectivity index (χ1v) is 12.7. The standard InChI is InChI=1S/C17H33NO7P2/c1-7-22-26(19,23-8-2)13-15-12-21-17(11-18(5)6)16(15)14-27(20,24-9-3)25-10-4/h12H,7-11,13-14H2,1-6H3. The molecule has 1 heterocycles. The first-order valence-electron chi connectivity index (χ1n) is 9.21. The van der Waals surface area contributed by atoms with Gasteiger partial charge >= 0.3 is 15.2 Å². The summed E-state index contributed by atoms with van der Waals surface area (Å²) in [6, 6.07) is 0. The smallest absolute Gasteiger partial charge is 0.335 e. The minimum Gasteiger partial charge on any atom is -0.467 e. The molecule has 8 nitrogen and oxygen atoms in total. The van der Waals surface area contributed by atoms with Gasteiger partial charge in [0.2, 0.25) is 0 Å². The molecule has 158 valence electrons. The Labute approximate surface area is 162 Å². The Bertz CT molecular complexity index is 640. The molecule has 0 fully saturated rings. The molecule has 0 aromatic carbocycles. The molecule has 1 aromatic heterocycles. The third-order valence-corrected chi connectivity index (χ3v) is 7.58. The van der Waals surface area contributed by atoms with Gasteiger partial charge in [-0.15, -0.1) is 0 Å². The minimum atomic E-state index is -3.35. The summed E-state index contributed by atoms with van der Waals surface area (Å²) in [5.41, 5.74) is 1.31. The van der Waals surface area contributed by atoms with E-state index < -0.39 is 15.2 Å². The van der Waals surface area contributed by atoms with Crippen LogP contribution < -0.4 is 0 Å². The van der Waals surface area contributed by atoms with Gasteiger partial charge < -0.3 is 27.4 Å². The van der Waals surface area contributed by atoms with Crippen LogP contribution in [0.25, 0.3) is 0 Å². The molecule has 0 unspecified atom stereocenters. The van der Waals surface area contributed by atoms with Gasteiger partial charge in [0.1, 0.15) is 5.76 Å². The van der Waals surface area contributed by atoms with E-state index in [2.05, 4.69) is 0 Å². The van der Waals surface area contributed by atoms with E-state index in [0.29, 0.717) is 23.4 Å². The number of furan rings is 1. The van der Waals surface area contributed by atoms with Crippen LogP contribution >= 0.6 is 15.2 Å². The van der Waals surface area contributed by atoms with Gasteiger partial charge in [-0.05, 0) is 41.8 Å². The Hall–Kier alpha value is -0.460. The van der Waals surface area contributed by atoms with E-state index in [9.17, 15) is 9.13 Å². The highest BCUT2D eigenvalue weighted by Gasteiger charge is 2.32. The van der Waals surface area contributed by atoms with Gasteiger partial charge in [0.25, 0.3) is 0 Å². The lowest BCUT2D eigenvalue weighted by Gasteiger charge is -2.20. The SMILES string of the molecule is CCOP(=O)(Cc1coc(CN(C)C)c1CP(=O)(OCC)OCC)OCC. The molecule has 0 N–H and O–H groups in total. The summed E-state index contributed by atoms with van der Waals surface area (Å²) in [6.07, 6.45) is 1.61. The lowest BCUT2D eigenvalue weighted by atomic mass is 10.2. The van der Waals surface area contributed by atoms with Crippen LogP contribution in [0.5, 0.6) is 0 Å². The third kappa shape index (κ3) is 7.82. The molecule has 0 amide bonds. The van der Waals surface area contributed by atoms with Crippen molar-refractivity contribution in [2.24, 2.45) is 0 Å². The molecule has 0 bridgehead atoms. The Morgan fingerprint density at radius 2 is 1.30 bits per heavy atom. The zero-order chi connectivity index (χ0) is 20.5. The second-order valence-electron chi connectivity index (χ2n) is 6.11. The summed E-state index contributed by atoms with van der Waals surface area (Å²) in [5.74, 6) is 0.633. The predicted octanol–water partition coefficient (Wildman–Crippen LogP) is 4.87. The number of nitrogens with zero attached hydrogens (tertiary/aromatic N) is 1. The van der Waals surface area contributed by atoms with E-state index >= 15 is 0 Å². The Morgan fingerprint density at radius 3 is 1.70 bits per heavy atom. The Morgan fingerprint density at radius 1 is 0.852 bits per heavy atom. The first-order chi connectivity index (χ1) is 12.7. The maximum absolute atomic E-state index is 13.1. The topological polar surface area (TPSA) is 87.4 Å². The molecule has 0 spiro atoms. The quantitative estimate of drug-likeness (QED) is 0.390. The zero-order valence-corrected chi connectivity index (χ0v) is 19.0. The van der Waals surface area contributed by atoms with Gasteiger partial charge in [-0.1, -0.05) is 0 Å². The van der Waals surface area contributed by atoms with Crippen LogP contribution in [0.15, 0.2) is 10.7 Å². The fourth-order valence-electron chi connectivity index (χ4n) is 2.65. The third-order valence-electron chi connectivity index (χ3n) is 3.55. The molecule has 0 radical (unpaired) electrons. The van der Waals surface area contributed by atoms with Crippen molar-refractivity contribution in [3.05, 3.63) is 23.2 Å².